The molecule has 21 heavy (non-hydrogen) atoms. The van der Waals surface area contributed by atoms with Crippen molar-refractivity contribution >= 4 is 0 Å². The maximum Gasteiger partial charge on any atom is 0.0107 e. The molecule has 0 spiro atoms. The van der Waals surface area contributed by atoms with Gasteiger partial charge in [0.15, 0.2) is 0 Å². The van der Waals surface area contributed by atoms with Gasteiger partial charge in [-0.3, -0.25) is 0 Å². The molecule has 0 amide bonds. The normalized spacial score (nSPS) is 13.0. The second kappa shape index (κ2) is 16.3. The van der Waals surface area contributed by atoms with Crippen LogP contribution >= 0.6 is 0 Å². The highest BCUT2D eigenvalue weighted by molar-refractivity contribution is 4.62. The number of hydrogen-bond acceptors (Lipinski definition) is 2. The Hall–Kier alpha value is -0.0800. The van der Waals surface area contributed by atoms with E-state index in [-0.39, 0.29) is 0 Å². The third kappa shape index (κ3) is 14.6. The Morgan fingerprint density at radius 1 is 0.762 bits per heavy atom. The van der Waals surface area contributed by atoms with Gasteiger partial charge in [0, 0.05) is 19.1 Å². The summed E-state index contributed by atoms with van der Waals surface area (Å²) in [6.07, 6.45) is 15.5. The van der Waals surface area contributed by atoms with Crippen LogP contribution in [0.5, 0.6) is 0 Å². The molecule has 0 bridgehead atoms. The van der Waals surface area contributed by atoms with Crippen LogP contribution in [0, 0.1) is 0 Å². The van der Waals surface area contributed by atoms with E-state index in [0.717, 1.165) is 6.54 Å². The lowest BCUT2D eigenvalue weighted by atomic mass is 10.1. The lowest BCUT2D eigenvalue weighted by Gasteiger charge is -2.23. The van der Waals surface area contributed by atoms with Crippen molar-refractivity contribution in [3.63, 3.8) is 0 Å². The molecular weight excluding hydrogens is 256 g/mol. The summed E-state index contributed by atoms with van der Waals surface area (Å²) in [5.41, 5.74) is 0. The van der Waals surface area contributed by atoms with Crippen LogP contribution in [0.1, 0.15) is 91.4 Å². The summed E-state index contributed by atoms with van der Waals surface area (Å²) in [4.78, 5) is 2.45. The first-order valence-corrected chi connectivity index (χ1v) is 9.63. The summed E-state index contributed by atoms with van der Waals surface area (Å²) in [5.74, 6) is 0. The van der Waals surface area contributed by atoms with Crippen molar-refractivity contribution in [1.82, 2.24) is 10.2 Å². The van der Waals surface area contributed by atoms with Crippen molar-refractivity contribution in [2.75, 3.05) is 26.7 Å². The molecule has 2 nitrogen and oxygen atoms in total. The van der Waals surface area contributed by atoms with E-state index in [2.05, 4.69) is 38.0 Å². The molecule has 0 saturated heterocycles. The zero-order chi connectivity index (χ0) is 15.8. The zero-order valence-electron chi connectivity index (χ0n) is 15.4. The van der Waals surface area contributed by atoms with E-state index < -0.39 is 0 Å². The van der Waals surface area contributed by atoms with Crippen LogP contribution in [-0.4, -0.2) is 37.6 Å². The molecular formula is C19H42N2. The highest BCUT2D eigenvalue weighted by Gasteiger charge is 2.04. The van der Waals surface area contributed by atoms with E-state index in [1.807, 2.05) is 0 Å². The Bertz CT molecular complexity index is 194. The van der Waals surface area contributed by atoms with Crippen molar-refractivity contribution in [2.24, 2.45) is 0 Å². The lowest BCUT2D eigenvalue weighted by Crippen LogP contribution is -2.35. The number of nitrogens with zero attached hydrogens (tertiary/aromatic N) is 1. The van der Waals surface area contributed by atoms with Crippen molar-refractivity contribution in [3.8, 4) is 0 Å². The summed E-state index contributed by atoms with van der Waals surface area (Å²) in [6, 6.07) is 0.712. The summed E-state index contributed by atoms with van der Waals surface area (Å²) >= 11 is 0. The fourth-order valence-corrected chi connectivity index (χ4v) is 2.65. The first-order valence-electron chi connectivity index (χ1n) is 9.63. The van der Waals surface area contributed by atoms with Gasteiger partial charge in [-0.1, -0.05) is 71.6 Å². The fourth-order valence-electron chi connectivity index (χ4n) is 2.65. The van der Waals surface area contributed by atoms with Crippen LogP contribution < -0.4 is 5.32 Å². The molecule has 128 valence electrons. The number of rotatable bonds is 16. The third-order valence-electron chi connectivity index (χ3n) is 4.69. The van der Waals surface area contributed by atoms with Crippen LogP contribution in [0.2, 0.25) is 0 Å². The van der Waals surface area contributed by atoms with Gasteiger partial charge in [-0.05, 0) is 33.4 Å². The van der Waals surface area contributed by atoms with Crippen LogP contribution in [0.15, 0.2) is 0 Å². The van der Waals surface area contributed by atoms with Crippen LogP contribution in [0.4, 0.5) is 0 Å². The number of nitrogens with one attached hydrogen (secondary N) is 1. The van der Waals surface area contributed by atoms with Crippen molar-refractivity contribution in [1.29, 1.82) is 0 Å². The first kappa shape index (κ1) is 20.9. The van der Waals surface area contributed by atoms with Crippen molar-refractivity contribution in [3.05, 3.63) is 0 Å². The average molecular weight is 299 g/mol. The van der Waals surface area contributed by atoms with Gasteiger partial charge < -0.3 is 10.2 Å². The topological polar surface area (TPSA) is 15.3 Å². The van der Waals surface area contributed by atoms with E-state index in [0.29, 0.717) is 6.04 Å². The van der Waals surface area contributed by atoms with E-state index >= 15 is 0 Å². The van der Waals surface area contributed by atoms with Gasteiger partial charge in [-0.25, -0.2) is 0 Å². The molecule has 0 radical (unpaired) electrons. The van der Waals surface area contributed by atoms with Crippen molar-refractivity contribution in [2.45, 2.75) is 97.4 Å². The maximum atomic E-state index is 3.58. The molecule has 1 atom stereocenters. The van der Waals surface area contributed by atoms with Gasteiger partial charge in [0.2, 0.25) is 0 Å². The van der Waals surface area contributed by atoms with Gasteiger partial charge in [0.25, 0.3) is 0 Å². The molecule has 1 unspecified atom stereocenters. The molecule has 2 heteroatoms. The molecule has 0 aromatic carbocycles. The summed E-state index contributed by atoms with van der Waals surface area (Å²) < 4.78 is 0. The van der Waals surface area contributed by atoms with E-state index in [9.17, 15) is 0 Å². The molecule has 0 aliphatic heterocycles. The maximum absolute atomic E-state index is 3.58. The second-order valence-corrected chi connectivity index (χ2v) is 6.67. The van der Waals surface area contributed by atoms with Gasteiger partial charge >= 0.3 is 0 Å². The predicted molar refractivity (Wildman–Crippen MR) is 97.1 cm³/mol. The third-order valence-corrected chi connectivity index (χ3v) is 4.69. The van der Waals surface area contributed by atoms with E-state index in [1.54, 1.807) is 0 Å². The zero-order valence-corrected chi connectivity index (χ0v) is 15.4. The van der Waals surface area contributed by atoms with Gasteiger partial charge in [-0.15, -0.1) is 0 Å². The minimum absolute atomic E-state index is 0.712. The minimum atomic E-state index is 0.712. The van der Waals surface area contributed by atoms with Gasteiger partial charge in [-0.2, -0.15) is 0 Å². The summed E-state index contributed by atoms with van der Waals surface area (Å²) in [7, 11) is 2.23. The quantitative estimate of drug-likeness (QED) is 0.393. The van der Waals surface area contributed by atoms with Gasteiger partial charge in [0.05, 0.1) is 0 Å². The minimum Gasteiger partial charge on any atom is -0.315 e. The molecule has 0 rings (SSSR count). The fraction of sp³-hybridized carbons (Fsp3) is 1.00. The Kier molecular flexibility index (Phi) is 16.2. The monoisotopic (exact) mass is 298 g/mol. The van der Waals surface area contributed by atoms with Gasteiger partial charge in [0.1, 0.15) is 0 Å². The average Bonchev–Trinajstić information content (AvgIpc) is 2.50. The molecule has 0 fully saturated rings. The van der Waals surface area contributed by atoms with E-state index in [4.69, 9.17) is 0 Å². The Balaban J connectivity index is 3.09. The number of unbranched alkanes of at least 4 members (excludes halogenated alkanes) is 9. The smallest absolute Gasteiger partial charge is 0.0107 e. The summed E-state index contributed by atoms with van der Waals surface area (Å²) in [6.45, 7) is 10.4. The Morgan fingerprint density at radius 2 is 1.29 bits per heavy atom. The van der Waals surface area contributed by atoms with Crippen LogP contribution in [-0.2, 0) is 0 Å². The standard InChI is InChI=1S/C19H42N2/c1-5-7-8-9-10-11-12-13-14-15-16-20-17-18-21(4)19(3)6-2/h19-20H,5-18H2,1-4H3. The molecule has 1 N–H and O–H groups in total. The predicted octanol–water partition coefficient (Wildman–Crippen LogP) is 5.23. The highest BCUT2D eigenvalue weighted by atomic mass is 15.1. The highest BCUT2D eigenvalue weighted by Crippen LogP contribution is 2.10. The molecule has 0 aromatic rings. The Labute approximate surface area is 135 Å². The van der Waals surface area contributed by atoms with Crippen LogP contribution in [0.3, 0.4) is 0 Å². The number of likely N-dealkylation sites (N-methyl/N-ethyl adjacent to an activating group) is 1. The van der Waals surface area contributed by atoms with Crippen LogP contribution in [0.25, 0.3) is 0 Å². The largest absolute Gasteiger partial charge is 0.315 e. The summed E-state index contributed by atoms with van der Waals surface area (Å²) in [5, 5.41) is 3.58. The molecule has 0 saturated carbocycles. The van der Waals surface area contributed by atoms with E-state index in [1.165, 1.54) is 83.7 Å². The molecule has 0 aromatic heterocycles. The van der Waals surface area contributed by atoms with Crippen molar-refractivity contribution < 1.29 is 0 Å². The second-order valence-electron chi connectivity index (χ2n) is 6.67. The SMILES string of the molecule is CCCCCCCCCCCCNCCN(C)C(C)CC. The molecule has 0 aliphatic carbocycles. The first-order chi connectivity index (χ1) is 10.2. The lowest BCUT2D eigenvalue weighted by molar-refractivity contribution is 0.252. The Morgan fingerprint density at radius 3 is 1.81 bits per heavy atom. The molecule has 0 aliphatic rings. The number of hydrogen-bond donors (Lipinski definition) is 1. The molecule has 0 heterocycles.